The van der Waals surface area contributed by atoms with Crippen molar-refractivity contribution in [3.8, 4) is 0 Å². The zero-order valence-electron chi connectivity index (χ0n) is 9.63. The van der Waals surface area contributed by atoms with E-state index in [4.69, 9.17) is 5.11 Å². The van der Waals surface area contributed by atoms with Gasteiger partial charge in [-0.05, 0) is 50.2 Å². The van der Waals surface area contributed by atoms with E-state index in [2.05, 4.69) is 5.32 Å². The number of hydrogen-bond donors (Lipinski definition) is 2. The molecule has 0 atom stereocenters. The van der Waals surface area contributed by atoms with Gasteiger partial charge in [0.15, 0.2) is 0 Å². The van der Waals surface area contributed by atoms with E-state index in [1.807, 2.05) is 0 Å². The Kier molecular flexibility index (Phi) is 5.15. The number of rotatable bonds is 1. The Balaban J connectivity index is 0.000000269. The molecular weight excluding hydrogens is 247 g/mol. The second-order valence-corrected chi connectivity index (χ2v) is 3.84. The second kappa shape index (κ2) is 6.39. The fraction of sp³-hybridized carbons (Fsp3) is 0.417. The second-order valence-electron chi connectivity index (χ2n) is 3.84. The summed E-state index contributed by atoms with van der Waals surface area (Å²) in [6.07, 6.45) is -1.64. The molecule has 1 heterocycles. The van der Waals surface area contributed by atoms with Crippen LogP contribution in [0, 0.1) is 0 Å². The molecule has 1 aliphatic rings. The Hall–Kier alpha value is -1.56. The molecule has 0 unspecified atom stereocenters. The van der Waals surface area contributed by atoms with E-state index >= 15 is 0 Å². The summed E-state index contributed by atoms with van der Waals surface area (Å²) in [6.45, 7) is 2.50. The van der Waals surface area contributed by atoms with E-state index in [1.54, 1.807) is 0 Å². The fourth-order valence-corrected chi connectivity index (χ4v) is 1.43. The van der Waals surface area contributed by atoms with Gasteiger partial charge < -0.3 is 10.4 Å². The van der Waals surface area contributed by atoms with Crippen molar-refractivity contribution in [3.63, 3.8) is 0 Å². The van der Waals surface area contributed by atoms with Crippen LogP contribution in [0.15, 0.2) is 24.3 Å². The highest BCUT2D eigenvalue weighted by Gasteiger charge is 2.30. The molecule has 1 saturated heterocycles. The minimum Gasteiger partial charge on any atom is -0.478 e. The van der Waals surface area contributed by atoms with Gasteiger partial charge in [-0.15, -0.1) is 0 Å². The van der Waals surface area contributed by atoms with Crippen molar-refractivity contribution in [3.05, 3.63) is 35.4 Å². The van der Waals surface area contributed by atoms with E-state index < -0.39 is 17.7 Å². The molecule has 0 aromatic heterocycles. The van der Waals surface area contributed by atoms with Gasteiger partial charge in [0.2, 0.25) is 0 Å². The number of carboxylic acid groups (broad SMARTS) is 1. The van der Waals surface area contributed by atoms with Crippen LogP contribution >= 0.6 is 0 Å². The SMILES string of the molecule is C1CCNC1.O=C(O)c1ccc(C(F)(F)F)cc1. The summed E-state index contributed by atoms with van der Waals surface area (Å²) in [4.78, 5) is 10.3. The molecule has 0 amide bonds. The number of aromatic carboxylic acids is 1. The zero-order chi connectivity index (χ0) is 13.6. The lowest BCUT2D eigenvalue weighted by Crippen LogP contribution is -2.05. The quantitative estimate of drug-likeness (QED) is 0.817. The number of halogens is 3. The van der Waals surface area contributed by atoms with Gasteiger partial charge >= 0.3 is 12.1 Å². The van der Waals surface area contributed by atoms with E-state index in [-0.39, 0.29) is 5.56 Å². The Labute approximate surface area is 103 Å². The first-order valence-corrected chi connectivity index (χ1v) is 5.52. The van der Waals surface area contributed by atoms with Crippen molar-refractivity contribution in [2.24, 2.45) is 0 Å². The minimum absolute atomic E-state index is 0.159. The van der Waals surface area contributed by atoms with Crippen molar-refractivity contribution >= 4 is 5.97 Å². The van der Waals surface area contributed by atoms with Crippen molar-refractivity contribution in [2.75, 3.05) is 13.1 Å². The van der Waals surface area contributed by atoms with E-state index in [0.29, 0.717) is 0 Å². The number of hydrogen-bond acceptors (Lipinski definition) is 2. The maximum absolute atomic E-state index is 12.0. The fourth-order valence-electron chi connectivity index (χ4n) is 1.43. The molecule has 2 N–H and O–H groups in total. The summed E-state index contributed by atoms with van der Waals surface area (Å²) in [6, 6.07) is 3.32. The third-order valence-electron chi connectivity index (χ3n) is 2.42. The first-order valence-electron chi connectivity index (χ1n) is 5.52. The van der Waals surface area contributed by atoms with Crippen molar-refractivity contribution in [1.82, 2.24) is 5.32 Å². The highest BCUT2D eigenvalue weighted by atomic mass is 19.4. The summed E-state index contributed by atoms with van der Waals surface area (Å²) < 4.78 is 35.9. The molecule has 2 rings (SSSR count). The Morgan fingerprint density at radius 2 is 1.61 bits per heavy atom. The maximum Gasteiger partial charge on any atom is 0.416 e. The van der Waals surface area contributed by atoms with Crippen molar-refractivity contribution in [2.45, 2.75) is 19.0 Å². The zero-order valence-corrected chi connectivity index (χ0v) is 9.63. The Bertz CT molecular complexity index is 376. The van der Waals surface area contributed by atoms with Gasteiger partial charge in [0.25, 0.3) is 0 Å². The van der Waals surface area contributed by atoms with Crippen molar-refractivity contribution < 1.29 is 23.1 Å². The monoisotopic (exact) mass is 261 g/mol. The van der Waals surface area contributed by atoms with Gasteiger partial charge in [-0.3, -0.25) is 0 Å². The van der Waals surface area contributed by atoms with Crippen LogP contribution in [0.1, 0.15) is 28.8 Å². The summed E-state index contributed by atoms with van der Waals surface area (Å²) >= 11 is 0. The molecular formula is C12H14F3NO2. The predicted octanol–water partition coefficient (Wildman–Crippen LogP) is 2.77. The molecule has 6 heteroatoms. The van der Waals surface area contributed by atoms with Gasteiger partial charge in [0.05, 0.1) is 11.1 Å². The van der Waals surface area contributed by atoms with Crippen LogP contribution in [0.2, 0.25) is 0 Å². The summed E-state index contributed by atoms with van der Waals surface area (Å²) in [5, 5.41) is 11.6. The van der Waals surface area contributed by atoms with Gasteiger partial charge in [-0.25, -0.2) is 4.79 Å². The van der Waals surface area contributed by atoms with Gasteiger partial charge in [0, 0.05) is 0 Å². The minimum atomic E-state index is -4.42. The molecule has 100 valence electrons. The van der Waals surface area contributed by atoms with Crippen LogP contribution in [0.5, 0.6) is 0 Å². The normalized spacial score (nSPS) is 14.8. The van der Waals surface area contributed by atoms with Crippen LogP contribution < -0.4 is 5.32 Å². The molecule has 0 bridgehead atoms. The molecule has 1 aromatic rings. The van der Waals surface area contributed by atoms with Crippen LogP contribution in [-0.2, 0) is 6.18 Å². The first kappa shape index (κ1) is 14.5. The average molecular weight is 261 g/mol. The third kappa shape index (κ3) is 4.75. The first-order chi connectivity index (χ1) is 8.41. The lowest BCUT2D eigenvalue weighted by atomic mass is 10.1. The van der Waals surface area contributed by atoms with Crippen LogP contribution in [0.3, 0.4) is 0 Å². The van der Waals surface area contributed by atoms with Crippen LogP contribution in [0.25, 0.3) is 0 Å². The smallest absolute Gasteiger partial charge is 0.416 e. The number of alkyl halides is 3. The molecule has 3 nitrogen and oxygen atoms in total. The highest BCUT2D eigenvalue weighted by Crippen LogP contribution is 2.28. The average Bonchev–Trinajstić information content (AvgIpc) is 2.86. The van der Waals surface area contributed by atoms with Crippen molar-refractivity contribution in [1.29, 1.82) is 0 Å². The summed E-state index contributed by atoms with van der Waals surface area (Å²) in [5.41, 5.74) is -1.01. The third-order valence-corrected chi connectivity index (χ3v) is 2.42. The molecule has 0 aliphatic carbocycles. The van der Waals surface area contributed by atoms with E-state index in [0.717, 1.165) is 24.3 Å². The molecule has 1 aliphatic heterocycles. The standard InChI is InChI=1S/C8H5F3O2.C4H9N/c9-8(10,11)6-3-1-5(2-4-6)7(12)13;1-2-4-5-3-1/h1-4H,(H,12,13);5H,1-4H2. The molecule has 1 aromatic carbocycles. The van der Waals surface area contributed by atoms with Gasteiger partial charge in [-0.1, -0.05) is 0 Å². The molecule has 0 saturated carbocycles. The summed E-state index contributed by atoms with van der Waals surface area (Å²) in [5.74, 6) is -1.24. The van der Waals surface area contributed by atoms with E-state index in [1.165, 1.54) is 25.9 Å². The predicted molar refractivity (Wildman–Crippen MR) is 60.5 cm³/mol. The van der Waals surface area contributed by atoms with E-state index in [9.17, 15) is 18.0 Å². The van der Waals surface area contributed by atoms with Gasteiger partial charge in [0.1, 0.15) is 0 Å². The number of nitrogens with one attached hydrogen (secondary N) is 1. The topological polar surface area (TPSA) is 49.3 Å². The van der Waals surface area contributed by atoms with Gasteiger partial charge in [-0.2, -0.15) is 13.2 Å². The largest absolute Gasteiger partial charge is 0.478 e. The molecule has 1 fully saturated rings. The maximum atomic E-state index is 12.0. The molecule has 0 spiro atoms. The lowest BCUT2D eigenvalue weighted by Gasteiger charge is -2.05. The van der Waals surface area contributed by atoms with Crippen LogP contribution in [0.4, 0.5) is 13.2 Å². The Morgan fingerprint density at radius 1 is 1.11 bits per heavy atom. The molecule has 0 radical (unpaired) electrons. The summed E-state index contributed by atoms with van der Waals surface area (Å²) in [7, 11) is 0. The number of benzene rings is 1. The highest BCUT2D eigenvalue weighted by molar-refractivity contribution is 5.87. The number of carboxylic acids is 1. The van der Waals surface area contributed by atoms with Crippen LogP contribution in [-0.4, -0.2) is 24.2 Å². The lowest BCUT2D eigenvalue weighted by molar-refractivity contribution is -0.137. The number of carbonyl (C=O) groups is 1. The Morgan fingerprint density at radius 3 is 1.89 bits per heavy atom. The molecule has 18 heavy (non-hydrogen) atoms.